The van der Waals surface area contributed by atoms with E-state index in [0.717, 1.165) is 29.0 Å². The maximum atomic E-state index is 12.6. The minimum Gasteiger partial charge on any atom is -0.492 e. The second-order valence-corrected chi connectivity index (χ2v) is 6.66. The zero-order chi connectivity index (χ0) is 18.7. The van der Waals surface area contributed by atoms with Crippen LogP contribution in [0.3, 0.4) is 0 Å². The number of anilines is 1. The third kappa shape index (κ3) is 3.83. The largest absolute Gasteiger partial charge is 0.492 e. The van der Waals surface area contributed by atoms with Gasteiger partial charge in [-0.15, -0.1) is 0 Å². The average molecular weight is 354 g/mol. The molecule has 2 aromatic carbocycles. The van der Waals surface area contributed by atoms with Crippen LogP contribution in [-0.4, -0.2) is 25.2 Å². The Balaban J connectivity index is 1.78. The van der Waals surface area contributed by atoms with Crippen molar-refractivity contribution in [2.45, 2.75) is 39.3 Å². The molecule has 0 bridgehead atoms. The van der Waals surface area contributed by atoms with E-state index < -0.39 is 6.10 Å². The summed E-state index contributed by atoms with van der Waals surface area (Å²) in [7, 11) is 0. The van der Waals surface area contributed by atoms with Crippen molar-refractivity contribution in [3.05, 3.63) is 53.6 Å². The predicted molar refractivity (Wildman–Crippen MR) is 103 cm³/mol. The minimum absolute atomic E-state index is 0.0554. The van der Waals surface area contributed by atoms with Crippen LogP contribution in [0.5, 0.6) is 11.5 Å². The number of amides is 1. The summed E-state index contributed by atoms with van der Waals surface area (Å²) in [6.07, 6.45) is 0.327. The highest BCUT2D eigenvalue weighted by Crippen LogP contribution is 2.36. The Morgan fingerprint density at radius 2 is 2.08 bits per heavy atom. The van der Waals surface area contributed by atoms with E-state index in [2.05, 4.69) is 0 Å². The topological polar surface area (TPSA) is 64.8 Å². The van der Waals surface area contributed by atoms with E-state index in [1.54, 1.807) is 11.8 Å². The van der Waals surface area contributed by atoms with E-state index in [1.807, 2.05) is 56.3 Å². The monoisotopic (exact) mass is 354 g/mol. The van der Waals surface area contributed by atoms with Gasteiger partial charge in [0.05, 0.1) is 12.2 Å². The van der Waals surface area contributed by atoms with Crippen LogP contribution in [0, 0.1) is 6.92 Å². The molecule has 1 aliphatic heterocycles. The second kappa shape index (κ2) is 7.79. The summed E-state index contributed by atoms with van der Waals surface area (Å²) in [5.41, 5.74) is 9.06. The van der Waals surface area contributed by atoms with Crippen molar-refractivity contribution in [3.8, 4) is 11.5 Å². The summed E-state index contributed by atoms with van der Waals surface area (Å²) in [6, 6.07) is 13.7. The molecule has 0 radical (unpaired) electrons. The Hall–Kier alpha value is -2.53. The number of benzene rings is 2. The van der Waals surface area contributed by atoms with E-state index in [1.165, 1.54) is 0 Å². The number of nitrogens with two attached hydrogens (primary N) is 1. The van der Waals surface area contributed by atoms with Gasteiger partial charge in [0.15, 0.2) is 6.10 Å². The first-order chi connectivity index (χ1) is 12.5. The van der Waals surface area contributed by atoms with Gasteiger partial charge in [-0.05, 0) is 55.7 Å². The molecule has 0 saturated heterocycles. The number of carbonyl (C=O) groups is 1. The summed E-state index contributed by atoms with van der Waals surface area (Å²) in [5, 5.41) is 0. The zero-order valence-corrected chi connectivity index (χ0v) is 15.6. The molecule has 1 aliphatic rings. The summed E-state index contributed by atoms with van der Waals surface area (Å²) in [4.78, 5) is 14.4. The lowest BCUT2D eigenvalue weighted by Crippen LogP contribution is -2.46. The summed E-state index contributed by atoms with van der Waals surface area (Å²) in [6.45, 7) is 6.70. The molecule has 2 N–H and O–H groups in total. The van der Waals surface area contributed by atoms with Gasteiger partial charge >= 0.3 is 0 Å². The van der Waals surface area contributed by atoms with Crippen molar-refractivity contribution >= 4 is 11.6 Å². The van der Waals surface area contributed by atoms with Crippen LogP contribution in [0.1, 0.15) is 37.4 Å². The highest BCUT2D eigenvalue weighted by Gasteiger charge is 2.31. The van der Waals surface area contributed by atoms with Gasteiger partial charge in [0.1, 0.15) is 18.1 Å². The van der Waals surface area contributed by atoms with E-state index >= 15 is 0 Å². The highest BCUT2D eigenvalue weighted by atomic mass is 16.5. The first-order valence-corrected chi connectivity index (χ1v) is 9.06. The van der Waals surface area contributed by atoms with Gasteiger partial charge in [-0.1, -0.05) is 25.1 Å². The lowest BCUT2D eigenvalue weighted by atomic mass is 10.0. The standard InChI is InChI=1S/C21H26N2O3/c1-4-18(22)16-8-9-20-19(13-16)23(21(24)15(3)26-20)10-11-25-17-7-5-6-14(2)12-17/h5-9,12-13,15,18H,4,10-11,22H2,1-3H3. The zero-order valence-electron chi connectivity index (χ0n) is 15.6. The number of rotatable bonds is 6. The van der Waals surface area contributed by atoms with Crippen LogP contribution in [0.15, 0.2) is 42.5 Å². The Morgan fingerprint density at radius 1 is 1.27 bits per heavy atom. The van der Waals surface area contributed by atoms with E-state index in [0.29, 0.717) is 18.9 Å². The second-order valence-electron chi connectivity index (χ2n) is 6.66. The molecule has 1 heterocycles. The number of hydrogen-bond donors (Lipinski definition) is 1. The molecule has 5 nitrogen and oxygen atoms in total. The molecule has 2 unspecified atom stereocenters. The highest BCUT2D eigenvalue weighted by molar-refractivity contribution is 5.99. The van der Waals surface area contributed by atoms with Crippen LogP contribution in [0.2, 0.25) is 0 Å². The van der Waals surface area contributed by atoms with E-state index in [-0.39, 0.29) is 11.9 Å². The van der Waals surface area contributed by atoms with Crippen molar-refractivity contribution in [3.63, 3.8) is 0 Å². The number of aryl methyl sites for hydroxylation is 1. The van der Waals surface area contributed by atoms with Gasteiger partial charge in [0.25, 0.3) is 5.91 Å². The Bertz CT molecular complexity index is 791. The molecule has 0 spiro atoms. The van der Waals surface area contributed by atoms with Crippen LogP contribution in [-0.2, 0) is 4.79 Å². The summed E-state index contributed by atoms with van der Waals surface area (Å²) < 4.78 is 11.6. The van der Waals surface area contributed by atoms with Gasteiger partial charge in [0, 0.05) is 6.04 Å². The molecular formula is C21H26N2O3. The van der Waals surface area contributed by atoms with Crippen molar-refractivity contribution in [1.29, 1.82) is 0 Å². The number of carbonyl (C=O) groups excluding carboxylic acids is 1. The number of nitrogens with zero attached hydrogens (tertiary/aromatic N) is 1. The lowest BCUT2D eigenvalue weighted by molar-refractivity contribution is -0.125. The molecule has 3 rings (SSSR count). The first kappa shape index (κ1) is 18.3. The molecule has 0 fully saturated rings. The number of ether oxygens (including phenoxy) is 2. The van der Waals surface area contributed by atoms with Gasteiger partial charge in [0.2, 0.25) is 0 Å². The summed E-state index contributed by atoms with van der Waals surface area (Å²) >= 11 is 0. The van der Waals surface area contributed by atoms with Gasteiger partial charge in [-0.2, -0.15) is 0 Å². The molecule has 0 saturated carbocycles. The molecular weight excluding hydrogens is 328 g/mol. The van der Waals surface area contributed by atoms with Crippen LogP contribution in [0.4, 0.5) is 5.69 Å². The van der Waals surface area contributed by atoms with Crippen molar-refractivity contribution < 1.29 is 14.3 Å². The fraction of sp³-hybridized carbons (Fsp3) is 0.381. The molecule has 0 aromatic heterocycles. The first-order valence-electron chi connectivity index (χ1n) is 9.06. The van der Waals surface area contributed by atoms with Crippen LogP contribution in [0.25, 0.3) is 0 Å². The van der Waals surface area contributed by atoms with Gasteiger partial charge in [-0.3, -0.25) is 4.79 Å². The molecule has 138 valence electrons. The molecule has 5 heteroatoms. The normalized spacial score (nSPS) is 17.5. The number of fused-ring (bicyclic) bond motifs is 1. The third-order valence-corrected chi connectivity index (χ3v) is 4.63. The lowest BCUT2D eigenvalue weighted by Gasteiger charge is -2.33. The Kier molecular flexibility index (Phi) is 5.47. The maximum absolute atomic E-state index is 12.6. The van der Waals surface area contributed by atoms with Crippen molar-refractivity contribution in [2.75, 3.05) is 18.1 Å². The molecule has 2 aromatic rings. The maximum Gasteiger partial charge on any atom is 0.267 e. The Labute approximate surface area is 154 Å². The van der Waals surface area contributed by atoms with Crippen molar-refractivity contribution in [1.82, 2.24) is 0 Å². The van der Waals surface area contributed by atoms with Gasteiger partial charge < -0.3 is 20.1 Å². The predicted octanol–water partition coefficient (Wildman–Crippen LogP) is 3.60. The van der Waals surface area contributed by atoms with Crippen LogP contribution >= 0.6 is 0 Å². The molecule has 1 amide bonds. The fourth-order valence-corrected chi connectivity index (χ4v) is 3.08. The van der Waals surface area contributed by atoms with E-state index in [9.17, 15) is 4.79 Å². The van der Waals surface area contributed by atoms with Crippen LogP contribution < -0.4 is 20.1 Å². The molecule has 0 aliphatic carbocycles. The SMILES string of the molecule is CCC(N)c1ccc2c(c1)N(CCOc1cccc(C)c1)C(=O)C(C)O2. The Morgan fingerprint density at radius 3 is 2.81 bits per heavy atom. The summed E-state index contributed by atoms with van der Waals surface area (Å²) in [5.74, 6) is 1.45. The van der Waals surface area contributed by atoms with E-state index in [4.69, 9.17) is 15.2 Å². The van der Waals surface area contributed by atoms with Gasteiger partial charge in [-0.25, -0.2) is 0 Å². The number of hydrogen-bond acceptors (Lipinski definition) is 4. The smallest absolute Gasteiger partial charge is 0.267 e. The third-order valence-electron chi connectivity index (χ3n) is 4.63. The average Bonchev–Trinajstić information content (AvgIpc) is 2.64. The quantitative estimate of drug-likeness (QED) is 0.861. The van der Waals surface area contributed by atoms with Crippen molar-refractivity contribution in [2.24, 2.45) is 5.73 Å². The molecule has 26 heavy (non-hydrogen) atoms. The fourth-order valence-electron chi connectivity index (χ4n) is 3.08. The minimum atomic E-state index is -0.507. The molecule has 2 atom stereocenters.